The summed E-state index contributed by atoms with van der Waals surface area (Å²) in [5.41, 5.74) is 14.9. The van der Waals surface area contributed by atoms with E-state index in [4.69, 9.17) is 32.1 Å². The standard InChI is InChI=1S/C23H22N2O5/c1-3-10-29-20(26)13-18-17-12-15(14-6-5-7-16(24)11-14)8-9-19(17)30-22(25)21(18)23(27)28-4-2/h1,5-9,11-12,18H,4,10,13,24-25H2,2H3. The van der Waals surface area contributed by atoms with Crippen LogP contribution in [0.3, 0.4) is 0 Å². The molecule has 1 atom stereocenters. The summed E-state index contributed by atoms with van der Waals surface area (Å²) in [7, 11) is 0. The molecule has 154 valence electrons. The van der Waals surface area contributed by atoms with E-state index in [2.05, 4.69) is 5.92 Å². The minimum atomic E-state index is -0.709. The van der Waals surface area contributed by atoms with E-state index >= 15 is 0 Å². The summed E-state index contributed by atoms with van der Waals surface area (Å²) in [4.78, 5) is 24.9. The van der Waals surface area contributed by atoms with Gasteiger partial charge in [0.1, 0.15) is 11.3 Å². The number of nitrogen functional groups attached to an aromatic ring is 1. The summed E-state index contributed by atoms with van der Waals surface area (Å²) < 4.78 is 15.8. The molecule has 2 aromatic carbocycles. The Kier molecular flexibility index (Phi) is 6.28. The largest absolute Gasteiger partial charge is 0.462 e. The van der Waals surface area contributed by atoms with Gasteiger partial charge in [0, 0.05) is 17.2 Å². The second-order valence-corrected chi connectivity index (χ2v) is 6.60. The molecule has 1 aliphatic heterocycles. The van der Waals surface area contributed by atoms with E-state index in [-0.39, 0.29) is 31.1 Å². The molecule has 0 bridgehead atoms. The maximum atomic E-state index is 12.6. The molecule has 7 nitrogen and oxygen atoms in total. The number of carbonyl (C=O) groups is 2. The first-order valence-electron chi connectivity index (χ1n) is 9.38. The second-order valence-electron chi connectivity index (χ2n) is 6.60. The number of hydrogen-bond donors (Lipinski definition) is 2. The van der Waals surface area contributed by atoms with Crippen molar-refractivity contribution in [1.82, 2.24) is 0 Å². The summed E-state index contributed by atoms with van der Waals surface area (Å²) >= 11 is 0. The van der Waals surface area contributed by atoms with Gasteiger partial charge in [-0.2, -0.15) is 0 Å². The predicted octanol–water partition coefficient (Wildman–Crippen LogP) is 2.71. The van der Waals surface area contributed by atoms with E-state index in [0.29, 0.717) is 17.0 Å². The zero-order chi connectivity index (χ0) is 21.7. The number of rotatable bonds is 6. The van der Waals surface area contributed by atoms with Gasteiger partial charge in [0.15, 0.2) is 6.61 Å². The summed E-state index contributed by atoms with van der Waals surface area (Å²) in [6, 6.07) is 12.8. The van der Waals surface area contributed by atoms with Gasteiger partial charge < -0.3 is 25.7 Å². The maximum Gasteiger partial charge on any atom is 0.340 e. The van der Waals surface area contributed by atoms with Crippen molar-refractivity contribution in [1.29, 1.82) is 0 Å². The molecule has 0 aromatic heterocycles. The van der Waals surface area contributed by atoms with Crippen molar-refractivity contribution < 1.29 is 23.8 Å². The molecule has 1 unspecified atom stereocenters. The molecule has 0 spiro atoms. The Balaban J connectivity index is 2.06. The van der Waals surface area contributed by atoms with E-state index < -0.39 is 17.9 Å². The third kappa shape index (κ3) is 4.39. The van der Waals surface area contributed by atoms with Crippen molar-refractivity contribution in [2.24, 2.45) is 5.73 Å². The van der Waals surface area contributed by atoms with Crippen LogP contribution < -0.4 is 16.2 Å². The van der Waals surface area contributed by atoms with Gasteiger partial charge in [-0.15, -0.1) is 6.42 Å². The van der Waals surface area contributed by atoms with Gasteiger partial charge in [-0.3, -0.25) is 4.79 Å². The van der Waals surface area contributed by atoms with Crippen LogP contribution in [-0.2, 0) is 19.1 Å². The molecule has 1 heterocycles. The number of terminal acetylenes is 1. The van der Waals surface area contributed by atoms with Gasteiger partial charge in [-0.05, 0) is 42.3 Å². The van der Waals surface area contributed by atoms with Gasteiger partial charge >= 0.3 is 11.9 Å². The van der Waals surface area contributed by atoms with Gasteiger partial charge in [-0.1, -0.05) is 24.1 Å². The first-order chi connectivity index (χ1) is 14.4. The number of esters is 2. The topological polar surface area (TPSA) is 114 Å². The van der Waals surface area contributed by atoms with E-state index in [0.717, 1.165) is 11.1 Å². The highest BCUT2D eigenvalue weighted by Crippen LogP contribution is 2.42. The highest BCUT2D eigenvalue weighted by molar-refractivity contribution is 5.93. The molecule has 30 heavy (non-hydrogen) atoms. The van der Waals surface area contributed by atoms with Crippen LogP contribution in [0.4, 0.5) is 5.69 Å². The Labute approximate surface area is 174 Å². The molecule has 0 aliphatic carbocycles. The Morgan fingerprint density at radius 1 is 1.13 bits per heavy atom. The molecule has 3 rings (SSSR count). The van der Waals surface area contributed by atoms with E-state index in [1.807, 2.05) is 30.3 Å². The second kappa shape index (κ2) is 9.05. The molecule has 0 saturated heterocycles. The SMILES string of the molecule is C#CCOC(=O)CC1C(C(=O)OCC)=C(N)Oc2ccc(-c3cccc(N)c3)cc21. The van der Waals surface area contributed by atoms with Crippen LogP contribution in [0.15, 0.2) is 53.9 Å². The van der Waals surface area contributed by atoms with Crippen molar-refractivity contribution >= 4 is 17.6 Å². The van der Waals surface area contributed by atoms with Crippen molar-refractivity contribution in [3.05, 3.63) is 59.5 Å². The Hall–Kier alpha value is -3.92. The fourth-order valence-electron chi connectivity index (χ4n) is 3.32. The molecule has 0 amide bonds. The normalized spacial score (nSPS) is 14.9. The van der Waals surface area contributed by atoms with Crippen LogP contribution >= 0.6 is 0 Å². The Bertz CT molecular complexity index is 1050. The van der Waals surface area contributed by atoms with Crippen LogP contribution in [0, 0.1) is 12.3 Å². The number of nitrogens with two attached hydrogens (primary N) is 2. The monoisotopic (exact) mass is 406 g/mol. The predicted molar refractivity (Wildman–Crippen MR) is 112 cm³/mol. The summed E-state index contributed by atoms with van der Waals surface area (Å²) in [5, 5.41) is 0. The van der Waals surface area contributed by atoms with Crippen LogP contribution in [0.2, 0.25) is 0 Å². The zero-order valence-corrected chi connectivity index (χ0v) is 16.5. The number of fused-ring (bicyclic) bond motifs is 1. The zero-order valence-electron chi connectivity index (χ0n) is 16.5. The number of benzene rings is 2. The van der Waals surface area contributed by atoms with Crippen LogP contribution in [0.25, 0.3) is 11.1 Å². The first-order valence-corrected chi connectivity index (χ1v) is 9.38. The van der Waals surface area contributed by atoms with Crippen molar-refractivity contribution in [2.45, 2.75) is 19.3 Å². The number of hydrogen-bond acceptors (Lipinski definition) is 7. The van der Waals surface area contributed by atoms with E-state index in [1.54, 1.807) is 19.1 Å². The molecule has 0 saturated carbocycles. The molecule has 0 fully saturated rings. The lowest BCUT2D eigenvalue weighted by Crippen LogP contribution is -2.28. The molecule has 1 aliphatic rings. The summed E-state index contributed by atoms with van der Waals surface area (Å²) in [5.74, 6) is 0.671. The smallest absolute Gasteiger partial charge is 0.340 e. The molecular weight excluding hydrogens is 384 g/mol. The van der Waals surface area contributed by atoms with Gasteiger partial charge in [0.05, 0.1) is 13.0 Å². The molecule has 4 N–H and O–H groups in total. The van der Waals surface area contributed by atoms with Crippen LogP contribution in [-0.4, -0.2) is 25.2 Å². The van der Waals surface area contributed by atoms with Crippen LogP contribution in [0.1, 0.15) is 24.8 Å². The van der Waals surface area contributed by atoms with Gasteiger partial charge in [0.2, 0.25) is 5.88 Å². The van der Waals surface area contributed by atoms with Crippen molar-refractivity contribution in [3.63, 3.8) is 0 Å². The lowest BCUT2D eigenvalue weighted by molar-refractivity contribution is -0.142. The molecule has 7 heteroatoms. The Morgan fingerprint density at radius 3 is 2.60 bits per heavy atom. The number of anilines is 1. The van der Waals surface area contributed by atoms with E-state index in [9.17, 15) is 9.59 Å². The summed E-state index contributed by atoms with van der Waals surface area (Å²) in [6.07, 6.45) is 5.01. The third-order valence-corrected chi connectivity index (χ3v) is 4.62. The fourth-order valence-corrected chi connectivity index (χ4v) is 3.32. The molecule has 0 radical (unpaired) electrons. The quantitative estimate of drug-likeness (QED) is 0.431. The fraction of sp³-hybridized carbons (Fsp3) is 0.217. The Morgan fingerprint density at radius 2 is 1.90 bits per heavy atom. The number of carbonyl (C=O) groups excluding carboxylic acids is 2. The minimum Gasteiger partial charge on any atom is -0.462 e. The van der Waals surface area contributed by atoms with Crippen LogP contribution in [0.5, 0.6) is 5.75 Å². The number of ether oxygens (including phenoxy) is 3. The third-order valence-electron chi connectivity index (χ3n) is 4.62. The van der Waals surface area contributed by atoms with Crippen molar-refractivity contribution in [3.8, 4) is 29.2 Å². The maximum absolute atomic E-state index is 12.6. The molecule has 2 aromatic rings. The van der Waals surface area contributed by atoms with Crippen molar-refractivity contribution in [2.75, 3.05) is 18.9 Å². The first kappa shape index (κ1) is 20.8. The van der Waals surface area contributed by atoms with E-state index in [1.165, 1.54) is 0 Å². The lowest BCUT2D eigenvalue weighted by Gasteiger charge is -2.28. The lowest BCUT2D eigenvalue weighted by atomic mass is 9.84. The highest BCUT2D eigenvalue weighted by Gasteiger charge is 2.36. The molecular formula is C23H22N2O5. The summed E-state index contributed by atoms with van der Waals surface area (Å²) in [6.45, 7) is 1.67. The average molecular weight is 406 g/mol. The highest BCUT2D eigenvalue weighted by atomic mass is 16.5. The van der Waals surface area contributed by atoms with Gasteiger partial charge in [0.25, 0.3) is 0 Å². The average Bonchev–Trinajstić information content (AvgIpc) is 2.72. The minimum absolute atomic E-state index is 0.0757. The van der Waals surface area contributed by atoms with Gasteiger partial charge in [-0.25, -0.2) is 4.79 Å².